The maximum absolute atomic E-state index is 13.0. The van der Waals surface area contributed by atoms with E-state index in [1.807, 2.05) is 0 Å². The quantitative estimate of drug-likeness (QED) is 0.0173. The minimum atomic E-state index is -1.72. The molecule has 0 bridgehead atoms. The topological polar surface area (TPSA) is 214 Å². The molecular weight excluding hydrogens is 909 g/mol. The second-order valence-electron chi connectivity index (χ2n) is 18.6. The Morgan fingerprint density at radius 2 is 0.873 bits per heavy atom. The van der Waals surface area contributed by atoms with Crippen molar-refractivity contribution in [3.63, 3.8) is 0 Å². The summed E-state index contributed by atoms with van der Waals surface area (Å²) in [6, 6.07) is 0. The molecule has 408 valence electrons. The smallest absolute Gasteiger partial charge is 0.306 e. The maximum Gasteiger partial charge on any atom is 0.306 e. The summed E-state index contributed by atoms with van der Waals surface area (Å²) in [7, 11) is 0. The Hall–Kier alpha value is -2.83. The number of rotatable bonds is 42. The molecule has 2 saturated heterocycles. The second kappa shape index (κ2) is 43.6. The Morgan fingerprint density at radius 1 is 0.465 bits per heavy atom. The van der Waals surface area contributed by atoms with E-state index < -0.39 is 86.7 Å². The molecular formula is C57H96O14. The largest absolute Gasteiger partial charge is 0.457 e. The number of allylic oxidation sites excluding steroid dienone is 14. The summed E-state index contributed by atoms with van der Waals surface area (Å²) in [6.07, 6.45) is 39.2. The van der Waals surface area contributed by atoms with E-state index in [1.165, 1.54) is 32.1 Å². The second-order valence-corrected chi connectivity index (χ2v) is 18.6. The predicted octanol–water partition coefficient (Wildman–Crippen LogP) is 8.85. The van der Waals surface area contributed by atoms with Gasteiger partial charge in [-0.15, -0.1) is 0 Å². The van der Waals surface area contributed by atoms with E-state index >= 15 is 0 Å². The van der Waals surface area contributed by atoms with Gasteiger partial charge in [0.15, 0.2) is 12.6 Å². The molecule has 71 heavy (non-hydrogen) atoms. The number of ether oxygens (including phenoxy) is 6. The lowest BCUT2D eigenvalue weighted by atomic mass is 9.98. The van der Waals surface area contributed by atoms with E-state index in [2.05, 4.69) is 98.9 Å². The van der Waals surface area contributed by atoms with Crippen LogP contribution in [0.25, 0.3) is 0 Å². The molecule has 0 aliphatic carbocycles. The van der Waals surface area contributed by atoms with Crippen molar-refractivity contribution in [1.29, 1.82) is 0 Å². The summed E-state index contributed by atoms with van der Waals surface area (Å²) < 4.78 is 34.3. The molecule has 2 fully saturated rings. The van der Waals surface area contributed by atoms with Gasteiger partial charge in [-0.3, -0.25) is 4.79 Å². The molecule has 0 radical (unpaired) electrons. The van der Waals surface area contributed by atoms with E-state index in [0.29, 0.717) is 13.0 Å². The van der Waals surface area contributed by atoms with Crippen LogP contribution in [0.4, 0.5) is 0 Å². The molecule has 14 heteroatoms. The Morgan fingerprint density at radius 3 is 1.37 bits per heavy atom. The average molecular weight is 1010 g/mol. The molecule has 2 rings (SSSR count). The van der Waals surface area contributed by atoms with Crippen LogP contribution in [0.2, 0.25) is 0 Å². The van der Waals surface area contributed by atoms with Crippen molar-refractivity contribution < 1.29 is 69.0 Å². The first-order valence-corrected chi connectivity index (χ1v) is 27.2. The van der Waals surface area contributed by atoms with Crippen molar-refractivity contribution in [2.24, 2.45) is 0 Å². The van der Waals surface area contributed by atoms with Crippen LogP contribution >= 0.6 is 0 Å². The fourth-order valence-corrected chi connectivity index (χ4v) is 8.05. The highest BCUT2D eigenvalue weighted by molar-refractivity contribution is 5.69. The predicted molar refractivity (Wildman–Crippen MR) is 279 cm³/mol. The van der Waals surface area contributed by atoms with Crippen molar-refractivity contribution in [1.82, 2.24) is 0 Å². The molecule has 0 aromatic heterocycles. The number of aliphatic hydroxyl groups excluding tert-OH is 7. The summed E-state index contributed by atoms with van der Waals surface area (Å²) in [5, 5.41) is 72.3. The highest BCUT2D eigenvalue weighted by atomic mass is 16.7. The summed E-state index contributed by atoms with van der Waals surface area (Å²) in [5.41, 5.74) is 0. The molecule has 0 aromatic carbocycles. The molecule has 0 spiro atoms. The Bertz CT molecular complexity index is 1490. The van der Waals surface area contributed by atoms with Crippen LogP contribution in [0, 0.1) is 0 Å². The van der Waals surface area contributed by atoms with Gasteiger partial charge in [0, 0.05) is 13.0 Å². The molecule has 7 N–H and O–H groups in total. The van der Waals surface area contributed by atoms with Crippen LogP contribution in [0.5, 0.6) is 0 Å². The third-order valence-corrected chi connectivity index (χ3v) is 12.4. The fourth-order valence-electron chi connectivity index (χ4n) is 8.05. The standard InChI is InChI=1S/C57H96O14/c1-3-5-7-9-11-13-15-17-19-21-23-24-26-28-30-32-34-36-38-40-49(59)69-46(43-66-41-39-37-35-33-31-29-27-25-22-20-18-16-14-12-10-8-6-4-2)44-67-56-55(65)53(63)51(61)48(71-56)45-68-57-54(64)52(62)50(60)47(42-58)70-57/h5-8,11-14,17-20,23-24,46-48,50-58,60-65H,3-4,9-10,15-16,21-22,25-45H2,1-2H3/b7-5-,8-6-,13-11-,14-12-,19-17-,20-18-,24-23-. The number of hydrogen-bond acceptors (Lipinski definition) is 14. The van der Waals surface area contributed by atoms with E-state index in [-0.39, 0.29) is 19.6 Å². The Balaban J connectivity index is 1.76. The summed E-state index contributed by atoms with van der Waals surface area (Å²) in [4.78, 5) is 13.0. The monoisotopic (exact) mass is 1000 g/mol. The van der Waals surface area contributed by atoms with E-state index in [4.69, 9.17) is 28.4 Å². The van der Waals surface area contributed by atoms with Crippen molar-refractivity contribution in [3.8, 4) is 0 Å². The lowest BCUT2D eigenvalue weighted by molar-refractivity contribution is -0.332. The van der Waals surface area contributed by atoms with E-state index in [1.54, 1.807) is 0 Å². The van der Waals surface area contributed by atoms with Crippen LogP contribution in [-0.2, 0) is 33.2 Å². The fraction of sp³-hybridized carbons (Fsp3) is 0.737. The van der Waals surface area contributed by atoms with Crippen molar-refractivity contribution >= 4 is 5.97 Å². The zero-order chi connectivity index (χ0) is 51.6. The maximum atomic E-state index is 13.0. The molecule has 14 nitrogen and oxygen atoms in total. The molecule has 2 aliphatic heterocycles. The van der Waals surface area contributed by atoms with Gasteiger partial charge >= 0.3 is 5.97 Å². The molecule has 0 aromatic rings. The number of carbonyl (C=O) groups is 1. The van der Waals surface area contributed by atoms with Gasteiger partial charge < -0.3 is 64.2 Å². The van der Waals surface area contributed by atoms with Crippen molar-refractivity contribution in [3.05, 3.63) is 85.1 Å². The zero-order valence-electron chi connectivity index (χ0n) is 43.4. The Kier molecular flexibility index (Phi) is 39.4. The average Bonchev–Trinajstić information content (AvgIpc) is 3.37. The normalized spacial score (nSPS) is 26.0. The summed E-state index contributed by atoms with van der Waals surface area (Å²) in [6.45, 7) is 3.41. The molecule has 0 amide bonds. The summed E-state index contributed by atoms with van der Waals surface area (Å²) in [5.74, 6) is -0.396. The third kappa shape index (κ3) is 30.8. The highest BCUT2D eigenvalue weighted by Gasteiger charge is 2.47. The highest BCUT2D eigenvalue weighted by Crippen LogP contribution is 2.26. The van der Waals surface area contributed by atoms with Crippen LogP contribution in [0.3, 0.4) is 0 Å². The molecule has 11 atom stereocenters. The SMILES string of the molecule is CC/C=C\C/C=C\C/C=C\C/C=C\CCCCCCCCC(=O)OC(COCCCCCCCCCC/C=C\C/C=C\C/C=C\CC)COC1OC(COC2OC(CO)C(O)C(O)C2O)C(O)C(O)C1O. The van der Waals surface area contributed by atoms with Gasteiger partial charge in [-0.05, 0) is 83.5 Å². The Labute approximate surface area is 427 Å². The first-order chi connectivity index (χ1) is 34.6. The lowest BCUT2D eigenvalue weighted by Gasteiger charge is -2.42. The summed E-state index contributed by atoms with van der Waals surface area (Å²) >= 11 is 0. The molecule has 0 saturated carbocycles. The first-order valence-electron chi connectivity index (χ1n) is 27.2. The van der Waals surface area contributed by atoms with Gasteiger partial charge in [-0.25, -0.2) is 0 Å². The third-order valence-electron chi connectivity index (χ3n) is 12.4. The number of carbonyl (C=O) groups excluding carboxylic acids is 1. The molecule has 2 aliphatic rings. The van der Waals surface area contributed by atoms with Gasteiger partial charge in [-0.1, -0.05) is 163 Å². The van der Waals surface area contributed by atoms with Gasteiger partial charge in [0.05, 0.1) is 26.4 Å². The van der Waals surface area contributed by atoms with Crippen LogP contribution in [0.1, 0.15) is 168 Å². The van der Waals surface area contributed by atoms with Gasteiger partial charge in [0.1, 0.15) is 54.9 Å². The van der Waals surface area contributed by atoms with Gasteiger partial charge in [0.25, 0.3) is 0 Å². The first kappa shape index (κ1) is 64.3. The minimum Gasteiger partial charge on any atom is -0.457 e. The number of esters is 1. The zero-order valence-corrected chi connectivity index (χ0v) is 43.4. The molecule has 11 unspecified atom stereocenters. The number of aliphatic hydroxyl groups is 7. The lowest BCUT2D eigenvalue weighted by Crippen LogP contribution is -2.61. The minimum absolute atomic E-state index is 0.0453. The number of unbranched alkanes of at least 4 members (excludes halogenated alkanes) is 14. The van der Waals surface area contributed by atoms with Crippen molar-refractivity contribution in [2.45, 2.75) is 235 Å². The van der Waals surface area contributed by atoms with Crippen molar-refractivity contribution in [2.75, 3.05) is 33.0 Å². The molecule has 2 heterocycles. The number of hydrogen-bond donors (Lipinski definition) is 7. The van der Waals surface area contributed by atoms with E-state index in [0.717, 1.165) is 109 Å². The van der Waals surface area contributed by atoms with E-state index in [9.17, 15) is 40.5 Å². The van der Waals surface area contributed by atoms with Crippen LogP contribution in [-0.4, -0.2) is 142 Å². The van der Waals surface area contributed by atoms with Crippen LogP contribution < -0.4 is 0 Å². The van der Waals surface area contributed by atoms with Gasteiger partial charge in [-0.2, -0.15) is 0 Å². The van der Waals surface area contributed by atoms with Gasteiger partial charge in [0.2, 0.25) is 0 Å². The van der Waals surface area contributed by atoms with Crippen LogP contribution in [0.15, 0.2) is 85.1 Å².